The number of nitro groups is 1. The highest BCUT2D eigenvalue weighted by molar-refractivity contribution is 5.59. The van der Waals surface area contributed by atoms with E-state index in [0.29, 0.717) is 5.69 Å². The van der Waals surface area contributed by atoms with E-state index in [4.69, 9.17) is 0 Å². The summed E-state index contributed by atoms with van der Waals surface area (Å²) in [6.07, 6.45) is -1.78. The van der Waals surface area contributed by atoms with Crippen LogP contribution in [0.2, 0.25) is 0 Å². The molecular formula is C10H13N3O4. The standard InChI is InChI=1S/C10H13N3O4/c1-6-2-3-7(13(16)17)10(11-6)12-4-8(14)9(15)5-12/h2-3,8-9,14-15H,4-5H2,1H3. The van der Waals surface area contributed by atoms with E-state index in [2.05, 4.69) is 4.98 Å². The monoisotopic (exact) mass is 239 g/mol. The SMILES string of the molecule is Cc1ccc([N+](=O)[O-])c(N2CC(O)C(O)C2)n1. The fraction of sp³-hybridized carbons (Fsp3) is 0.500. The zero-order chi connectivity index (χ0) is 12.6. The summed E-state index contributed by atoms with van der Waals surface area (Å²) in [6, 6.07) is 2.94. The lowest BCUT2D eigenvalue weighted by Crippen LogP contribution is -2.23. The van der Waals surface area contributed by atoms with Gasteiger partial charge in [0.25, 0.3) is 0 Å². The predicted molar refractivity (Wildman–Crippen MR) is 59.9 cm³/mol. The molecule has 1 aliphatic heterocycles. The molecule has 0 aromatic carbocycles. The Kier molecular flexibility index (Phi) is 2.95. The number of hydrogen-bond acceptors (Lipinski definition) is 6. The Morgan fingerprint density at radius 1 is 1.41 bits per heavy atom. The van der Waals surface area contributed by atoms with Gasteiger partial charge in [-0.2, -0.15) is 0 Å². The average Bonchev–Trinajstić information content (AvgIpc) is 2.58. The fourth-order valence-corrected chi connectivity index (χ4v) is 1.85. The molecule has 1 saturated heterocycles. The second kappa shape index (κ2) is 4.27. The molecule has 2 rings (SSSR count). The van der Waals surface area contributed by atoms with Crippen LogP contribution in [0.25, 0.3) is 0 Å². The van der Waals surface area contributed by atoms with E-state index in [1.54, 1.807) is 13.0 Å². The molecule has 0 aliphatic carbocycles. The van der Waals surface area contributed by atoms with E-state index < -0.39 is 17.1 Å². The molecule has 1 fully saturated rings. The highest BCUT2D eigenvalue weighted by atomic mass is 16.6. The molecule has 17 heavy (non-hydrogen) atoms. The normalized spacial score (nSPS) is 24.1. The zero-order valence-electron chi connectivity index (χ0n) is 9.28. The average molecular weight is 239 g/mol. The third-order valence-corrected chi connectivity index (χ3v) is 2.75. The summed E-state index contributed by atoms with van der Waals surface area (Å²) >= 11 is 0. The van der Waals surface area contributed by atoms with Crippen LogP contribution in [0.3, 0.4) is 0 Å². The second-order valence-electron chi connectivity index (χ2n) is 4.09. The number of aryl methyl sites for hydroxylation is 1. The van der Waals surface area contributed by atoms with Crippen molar-refractivity contribution in [3.05, 3.63) is 27.9 Å². The van der Waals surface area contributed by atoms with E-state index >= 15 is 0 Å². The number of aromatic nitrogens is 1. The Hall–Kier alpha value is -1.73. The van der Waals surface area contributed by atoms with Crippen LogP contribution >= 0.6 is 0 Å². The van der Waals surface area contributed by atoms with Gasteiger partial charge in [0.2, 0.25) is 5.82 Å². The van der Waals surface area contributed by atoms with Crippen LogP contribution in [0.4, 0.5) is 11.5 Å². The van der Waals surface area contributed by atoms with Crippen LogP contribution in [0.5, 0.6) is 0 Å². The first-order valence-corrected chi connectivity index (χ1v) is 5.22. The van der Waals surface area contributed by atoms with E-state index in [9.17, 15) is 20.3 Å². The highest BCUT2D eigenvalue weighted by Crippen LogP contribution is 2.28. The smallest absolute Gasteiger partial charge is 0.311 e. The lowest BCUT2D eigenvalue weighted by Gasteiger charge is -2.16. The minimum atomic E-state index is -0.892. The van der Waals surface area contributed by atoms with Gasteiger partial charge in [-0.3, -0.25) is 10.1 Å². The van der Waals surface area contributed by atoms with Crippen LogP contribution in [0.15, 0.2) is 12.1 Å². The van der Waals surface area contributed by atoms with Crippen molar-refractivity contribution < 1.29 is 15.1 Å². The van der Waals surface area contributed by atoms with E-state index in [1.165, 1.54) is 11.0 Å². The molecule has 0 spiro atoms. The van der Waals surface area contributed by atoms with Gasteiger partial charge >= 0.3 is 5.69 Å². The number of rotatable bonds is 2. The Bertz CT molecular complexity index is 441. The van der Waals surface area contributed by atoms with Crippen LogP contribution < -0.4 is 4.90 Å². The van der Waals surface area contributed by atoms with Gasteiger partial charge in [-0.05, 0) is 13.0 Å². The topological polar surface area (TPSA) is 99.7 Å². The van der Waals surface area contributed by atoms with E-state index in [1.807, 2.05) is 0 Å². The number of β-amino-alcohol motifs (C(OH)–C–C–N with tert-alkyl or cyclic N) is 2. The maximum absolute atomic E-state index is 10.9. The fourth-order valence-electron chi connectivity index (χ4n) is 1.85. The molecular weight excluding hydrogens is 226 g/mol. The van der Waals surface area contributed by atoms with Crippen molar-refractivity contribution in [3.63, 3.8) is 0 Å². The van der Waals surface area contributed by atoms with Crippen LogP contribution in [0, 0.1) is 17.0 Å². The molecule has 1 aromatic heterocycles. The van der Waals surface area contributed by atoms with Gasteiger partial charge < -0.3 is 15.1 Å². The van der Waals surface area contributed by atoms with Crippen LogP contribution in [-0.4, -0.2) is 45.4 Å². The quantitative estimate of drug-likeness (QED) is 0.549. The maximum Gasteiger partial charge on any atom is 0.311 e. The largest absolute Gasteiger partial charge is 0.389 e. The zero-order valence-corrected chi connectivity index (χ0v) is 9.28. The Labute approximate surface area is 97.5 Å². The molecule has 0 bridgehead atoms. The molecule has 2 unspecified atom stereocenters. The van der Waals surface area contributed by atoms with Crippen molar-refractivity contribution in [2.24, 2.45) is 0 Å². The first-order chi connectivity index (χ1) is 7.99. The van der Waals surface area contributed by atoms with Crippen molar-refractivity contribution in [2.45, 2.75) is 19.1 Å². The minimum Gasteiger partial charge on any atom is -0.389 e. The number of anilines is 1. The summed E-state index contributed by atoms with van der Waals surface area (Å²) < 4.78 is 0. The Balaban J connectivity index is 2.37. The summed E-state index contributed by atoms with van der Waals surface area (Å²) in [5.74, 6) is 0.200. The summed E-state index contributed by atoms with van der Waals surface area (Å²) in [6.45, 7) is 2.03. The van der Waals surface area contributed by atoms with Crippen molar-refractivity contribution in [1.29, 1.82) is 0 Å². The van der Waals surface area contributed by atoms with Crippen LogP contribution in [0.1, 0.15) is 5.69 Å². The Morgan fingerprint density at radius 3 is 2.53 bits per heavy atom. The summed E-state index contributed by atoms with van der Waals surface area (Å²) in [4.78, 5) is 16.0. The number of aliphatic hydroxyl groups excluding tert-OH is 2. The summed E-state index contributed by atoms with van der Waals surface area (Å²) in [5, 5.41) is 29.7. The molecule has 2 atom stereocenters. The van der Waals surface area contributed by atoms with Gasteiger partial charge in [0.1, 0.15) is 0 Å². The van der Waals surface area contributed by atoms with Gasteiger partial charge in [0, 0.05) is 24.8 Å². The molecule has 7 heteroatoms. The van der Waals surface area contributed by atoms with Gasteiger partial charge in [-0.15, -0.1) is 0 Å². The number of pyridine rings is 1. The van der Waals surface area contributed by atoms with Gasteiger partial charge in [-0.1, -0.05) is 0 Å². The van der Waals surface area contributed by atoms with Gasteiger partial charge in [0.15, 0.2) is 0 Å². The van der Waals surface area contributed by atoms with Crippen molar-refractivity contribution in [2.75, 3.05) is 18.0 Å². The first kappa shape index (κ1) is 11.7. The van der Waals surface area contributed by atoms with Gasteiger partial charge in [0.05, 0.1) is 17.1 Å². The first-order valence-electron chi connectivity index (χ1n) is 5.22. The molecule has 7 nitrogen and oxygen atoms in total. The molecule has 1 aromatic rings. The summed E-state index contributed by atoms with van der Waals surface area (Å²) in [7, 11) is 0. The molecule has 92 valence electrons. The number of aliphatic hydroxyl groups is 2. The van der Waals surface area contributed by atoms with E-state index in [-0.39, 0.29) is 24.6 Å². The third kappa shape index (κ3) is 2.20. The lowest BCUT2D eigenvalue weighted by atomic mass is 10.3. The van der Waals surface area contributed by atoms with E-state index in [0.717, 1.165) is 0 Å². The molecule has 0 amide bonds. The molecule has 0 radical (unpaired) electrons. The molecule has 2 heterocycles. The molecule has 2 N–H and O–H groups in total. The minimum absolute atomic E-state index is 0.114. The van der Waals surface area contributed by atoms with Crippen LogP contribution in [-0.2, 0) is 0 Å². The third-order valence-electron chi connectivity index (χ3n) is 2.75. The highest BCUT2D eigenvalue weighted by Gasteiger charge is 2.33. The van der Waals surface area contributed by atoms with Crippen molar-refractivity contribution >= 4 is 11.5 Å². The van der Waals surface area contributed by atoms with Gasteiger partial charge in [-0.25, -0.2) is 4.98 Å². The van der Waals surface area contributed by atoms with Crippen molar-refractivity contribution in [1.82, 2.24) is 4.98 Å². The molecule has 1 aliphatic rings. The second-order valence-corrected chi connectivity index (χ2v) is 4.09. The number of hydrogen-bond donors (Lipinski definition) is 2. The van der Waals surface area contributed by atoms with Crippen molar-refractivity contribution in [3.8, 4) is 0 Å². The maximum atomic E-state index is 10.9. The predicted octanol–water partition coefficient (Wildman–Crippen LogP) is -0.160. The number of nitrogens with zero attached hydrogens (tertiary/aromatic N) is 3. The Morgan fingerprint density at radius 2 is 2.00 bits per heavy atom. The lowest BCUT2D eigenvalue weighted by molar-refractivity contribution is -0.384. The summed E-state index contributed by atoms with van der Waals surface area (Å²) in [5.41, 5.74) is 0.540. The molecule has 0 saturated carbocycles.